The number of nitrogens with one attached hydrogen (secondary N) is 1. The van der Waals surface area contributed by atoms with Crippen molar-refractivity contribution in [2.45, 2.75) is 6.92 Å². The molecule has 1 N–H and O–H groups in total. The Morgan fingerprint density at radius 2 is 2.00 bits per heavy atom. The number of aromatic nitrogens is 2. The maximum Gasteiger partial charge on any atom is 0.316 e. The van der Waals surface area contributed by atoms with Gasteiger partial charge in [-0.2, -0.15) is 0 Å². The van der Waals surface area contributed by atoms with Gasteiger partial charge in [-0.3, -0.25) is 4.79 Å². The van der Waals surface area contributed by atoms with Gasteiger partial charge in [0.15, 0.2) is 0 Å². The van der Waals surface area contributed by atoms with E-state index in [1.165, 1.54) is 30.6 Å². The molecule has 5 nitrogen and oxygen atoms in total. The van der Waals surface area contributed by atoms with Gasteiger partial charge in [0.05, 0.1) is 30.3 Å². The van der Waals surface area contributed by atoms with Crippen LogP contribution in [0.5, 0.6) is 6.01 Å². The van der Waals surface area contributed by atoms with Gasteiger partial charge < -0.3 is 10.1 Å². The van der Waals surface area contributed by atoms with Crippen LogP contribution in [0.15, 0.2) is 36.7 Å². The quantitative estimate of drug-likeness (QED) is 0.917. The van der Waals surface area contributed by atoms with E-state index in [0.717, 1.165) is 0 Å². The number of anilines is 1. The molecule has 0 fully saturated rings. The standard InChI is InChI=1S/C13H12FN3O2/c1-2-19-13-15-7-9(8-16-13)17-12(18)10-5-3-4-6-11(10)14/h3-8H,2H2,1H3,(H,17,18). The maximum absolute atomic E-state index is 13.4. The van der Waals surface area contributed by atoms with Crippen molar-refractivity contribution in [3.8, 4) is 6.01 Å². The lowest BCUT2D eigenvalue weighted by Gasteiger charge is -2.06. The minimum atomic E-state index is -0.577. The lowest BCUT2D eigenvalue weighted by molar-refractivity contribution is 0.102. The number of ether oxygens (including phenoxy) is 1. The third-order valence-corrected chi connectivity index (χ3v) is 2.28. The number of carbonyl (C=O) groups is 1. The van der Waals surface area contributed by atoms with Crippen LogP contribution in [0, 0.1) is 5.82 Å². The van der Waals surface area contributed by atoms with Gasteiger partial charge in [0, 0.05) is 0 Å². The van der Waals surface area contributed by atoms with E-state index in [1.54, 1.807) is 6.07 Å². The van der Waals surface area contributed by atoms with Gasteiger partial charge in [0.1, 0.15) is 5.82 Å². The van der Waals surface area contributed by atoms with Crippen LogP contribution in [0.25, 0.3) is 0 Å². The third kappa shape index (κ3) is 3.25. The van der Waals surface area contributed by atoms with Crippen LogP contribution in [-0.4, -0.2) is 22.5 Å². The Balaban J connectivity index is 2.09. The second-order valence-corrected chi connectivity index (χ2v) is 3.62. The van der Waals surface area contributed by atoms with Gasteiger partial charge in [-0.1, -0.05) is 12.1 Å². The first-order valence-corrected chi connectivity index (χ1v) is 5.71. The van der Waals surface area contributed by atoms with Crippen LogP contribution in [0.3, 0.4) is 0 Å². The number of nitrogens with zero attached hydrogens (tertiary/aromatic N) is 2. The Morgan fingerprint density at radius 3 is 2.63 bits per heavy atom. The van der Waals surface area contributed by atoms with Crippen LogP contribution >= 0.6 is 0 Å². The molecule has 6 heteroatoms. The Labute approximate surface area is 109 Å². The summed E-state index contributed by atoms with van der Waals surface area (Å²) in [6, 6.07) is 5.97. The fraction of sp³-hybridized carbons (Fsp3) is 0.154. The van der Waals surface area contributed by atoms with Crippen molar-refractivity contribution in [3.63, 3.8) is 0 Å². The minimum Gasteiger partial charge on any atom is -0.464 e. The van der Waals surface area contributed by atoms with E-state index in [4.69, 9.17) is 4.74 Å². The molecule has 0 saturated carbocycles. The van der Waals surface area contributed by atoms with E-state index in [9.17, 15) is 9.18 Å². The average molecular weight is 261 g/mol. The normalized spacial score (nSPS) is 10.0. The van der Waals surface area contributed by atoms with Crippen molar-refractivity contribution >= 4 is 11.6 Å². The van der Waals surface area contributed by atoms with E-state index in [0.29, 0.717) is 12.3 Å². The monoisotopic (exact) mass is 261 g/mol. The van der Waals surface area contributed by atoms with Crippen molar-refractivity contribution in [1.82, 2.24) is 9.97 Å². The molecule has 0 spiro atoms. The van der Waals surface area contributed by atoms with Gasteiger partial charge in [-0.05, 0) is 19.1 Å². The van der Waals surface area contributed by atoms with Crippen molar-refractivity contribution in [2.75, 3.05) is 11.9 Å². The van der Waals surface area contributed by atoms with Crippen molar-refractivity contribution < 1.29 is 13.9 Å². The number of amides is 1. The molecule has 0 bridgehead atoms. The number of hydrogen-bond acceptors (Lipinski definition) is 4. The number of halogens is 1. The van der Waals surface area contributed by atoms with Crippen molar-refractivity contribution in [2.24, 2.45) is 0 Å². The molecule has 1 aromatic carbocycles. The highest BCUT2D eigenvalue weighted by atomic mass is 19.1. The zero-order valence-electron chi connectivity index (χ0n) is 10.3. The number of benzene rings is 1. The molecule has 0 aliphatic heterocycles. The molecule has 2 aromatic rings. The van der Waals surface area contributed by atoms with E-state index in [1.807, 2.05) is 6.92 Å². The second kappa shape index (κ2) is 5.90. The number of hydrogen-bond donors (Lipinski definition) is 1. The van der Waals surface area contributed by atoms with Crippen LogP contribution in [0.1, 0.15) is 17.3 Å². The van der Waals surface area contributed by atoms with E-state index in [-0.39, 0.29) is 11.6 Å². The van der Waals surface area contributed by atoms with Crippen LogP contribution < -0.4 is 10.1 Å². The predicted octanol–water partition coefficient (Wildman–Crippen LogP) is 2.27. The predicted molar refractivity (Wildman–Crippen MR) is 67.6 cm³/mol. The topological polar surface area (TPSA) is 64.1 Å². The molecule has 0 unspecified atom stereocenters. The van der Waals surface area contributed by atoms with Crippen molar-refractivity contribution in [3.05, 3.63) is 48.0 Å². The average Bonchev–Trinajstić information content (AvgIpc) is 2.42. The molecule has 0 radical (unpaired) electrons. The summed E-state index contributed by atoms with van der Waals surface area (Å²) in [6.45, 7) is 2.28. The molecule has 0 aliphatic carbocycles. The fourth-order valence-electron chi connectivity index (χ4n) is 1.43. The smallest absolute Gasteiger partial charge is 0.316 e. The Morgan fingerprint density at radius 1 is 1.32 bits per heavy atom. The van der Waals surface area contributed by atoms with Crippen LogP contribution in [0.2, 0.25) is 0 Å². The lowest BCUT2D eigenvalue weighted by atomic mass is 10.2. The van der Waals surface area contributed by atoms with Gasteiger partial charge in [0.2, 0.25) is 0 Å². The molecular weight excluding hydrogens is 249 g/mol. The first-order chi connectivity index (χ1) is 9.20. The molecule has 1 heterocycles. The SMILES string of the molecule is CCOc1ncc(NC(=O)c2ccccc2F)cn1. The molecule has 98 valence electrons. The maximum atomic E-state index is 13.4. The summed E-state index contributed by atoms with van der Waals surface area (Å²) in [7, 11) is 0. The van der Waals surface area contributed by atoms with Gasteiger partial charge >= 0.3 is 6.01 Å². The van der Waals surface area contributed by atoms with Gasteiger partial charge in [0.25, 0.3) is 5.91 Å². The first-order valence-electron chi connectivity index (χ1n) is 5.71. The molecule has 0 aliphatic rings. The third-order valence-electron chi connectivity index (χ3n) is 2.28. The summed E-state index contributed by atoms with van der Waals surface area (Å²) in [4.78, 5) is 19.6. The summed E-state index contributed by atoms with van der Waals surface area (Å²) in [6.07, 6.45) is 2.80. The highest BCUT2D eigenvalue weighted by molar-refractivity contribution is 6.04. The molecule has 0 saturated heterocycles. The molecule has 0 atom stereocenters. The number of rotatable bonds is 4. The summed E-state index contributed by atoms with van der Waals surface area (Å²) in [5.74, 6) is -1.13. The summed E-state index contributed by atoms with van der Waals surface area (Å²) < 4.78 is 18.5. The van der Waals surface area contributed by atoms with E-state index < -0.39 is 11.7 Å². The zero-order chi connectivity index (χ0) is 13.7. The summed E-state index contributed by atoms with van der Waals surface area (Å²) in [5.41, 5.74) is 0.341. The van der Waals surface area contributed by atoms with Crippen LogP contribution in [-0.2, 0) is 0 Å². The van der Waals surface area contributed by atoms with Crippen LogP contribution in [0.4, 0.5) is 10.1 Å². The Bertz CT molecular complexity index is 572. The van der Waals surface area contributed by atoms with Crippen molar-refractivity contribution in [1.29, 1.82) is 0 Å². The summed E-state index contributed by atoms with van der Waals surface area (Å²) in [5, 5.41) is 2.51. The van der Waals surface area contributed by atoms with Gasteiger partial charge in [-0.25, -0.2) is 14.4 Å². The Hall–Kier alpha value is -2.50. The summed E-state index contributed by atoms with van der Waals surface area (Å²) >= 11 is 0. The Kier molecular flexibility index (Phi) is 4.02. The second-order valence-electron chi connectivity index (χ2n) is 3.62. The first kappa shape index (κ1) is 12.9. The molecular formula is C13H12FN3O2. The zero-order valence-corrected chi connectivity index (χ0v) is 10.3. The van der Waals surface area contributed by atoms with E-state index >= 15 is 0 Å². The largest absolute Gasteiger partial charge is 0.464 e. The number of carbonyl (C=O) groups excluding carboxylic acids is 1. The highest BCUT2D eigenvalue weighted by Crippen LogP contribution is 2.11. The molecule has 1 amide bonds. The lowest BCUT2D eigenvalue weighted by Crippen LogP contribution is -2.14. The molecule has 1 aromatic heterocycles. The highest BCUT2D eigenvalue weighted by Gasteiger charge is 2.11. The van der Waals surface area contributed by atoms with E-state index in [2.05, 4.69) is 15.3 Å². The fourth-order valence-corrected chi connectivity index (χ4v) is 1.43. The molecule has 19 heavy (non-hydrogen) atoms. The van der Waals surface area contributed by atoms with Gasteiger partial charge in [-0.15, -0.1) is 0 Å². The minimum absolute atomic E-state index is 0.0311. The molecule has 2 rings (SSSR count).